The topological polar surface area (TPSA) is 81.0 Å². The van der Waals surface area contributed by atoms with Crippen LogP contribution < -0.4 is 0 Å². The quantitative estimate of drug-likeness (QED) is 0.783. The van der Waals surface area contributed by atoms with E-state index < -0.39 is 17.0 Å². The number of aliphatic hydroxyl groups is 1. The van der Waals surface area contributed by atoms with Gasteiger partial charge in [-0.05, 0) is 29.5 Å². The number of phenolic OH excluding ortho intramolecular Hbond substituents is 1. The number of carbonyl (C=O) groups is 1. The van der Waals surface area contributed by atoms with Gasteiger partial charge in [0, 0.05) is 12.5 Å². The van der Waals surface area contributed by atoms with E-state index in [0.29, 0.717) is 13.0 Å². The Balaban J connectivity index is 2.54. The second kappa shape index (κ2) is 5.22. The van der Waals surface area contributed by atoms with E-state index >= 15 is 0 Å². The fourth-order valence-corrected chi connectivity index (χ4v) is 3.66. The Labute approximate surface area is 124 Å². The highest BCUT2D eigenvalue weighted by molar-refractivity contribution is 5.67. The number of phenols is 1. The first-order valence-corrected chi connectivity index (χ1v) is 7.14. The fraction of sp³-hybridized carbons (Fsp3) is 0.562. The summed E-state index contributed by atoms with van der Waals surface area (Å²) in [4.78, 5) is 13.0. The van der Waals surface area contributed by atoms with Gasteiger partial charge in [0.1, 0.15) is 5.75 Å². The second-order valence-electron chi connectivity index (χ2n) is 6.70. The number of aromatic hydroxyl groups is 1. The molecule has 0 bridgehead atoms. The Kier molecular flexibility index (Phi) is 3.89. The van der Waals surface area contributed by atoms with Crippen molar-refractivity contribution in [2.75, 3.05) is 13.2 Å². The standard InChI is InChI=1S/C16H23NO4/c1-15(2,3)16(10-18)13(8-9-17(16)14(20)21)11-4-6-12(19)7-5-11/h4-7,13,18-19H,8-10H2,1-3H3,(H,20,21)/t13-,16-/m0/s1. The van der Waals surface area contributed by atoms with E-state index in [-0.39, 0.29) is 18.3 Å². The zero-order valence-electron chi connectivity index (χ0n) is 12.7. The van der Waals surface area contributed by atoms with Crippen molar-refractivity contribution in [3.8, 4) is 5.75 Å². The van der Waals surface area contributed by atoms with Gasteiger partial charge in [-0.2, -0.15) is 0 Å². The fourth-order valence-electron chi connectivity index (χ4n) is 3.66. The Morgan fingerprint density at radius 1 is 1.33 bits per heavy atom. The molecule has 1 aromatic carbocycles. The molecule has 116 valence electrons. The predicted octanol–water partition coefficient (Wildman–Crippen LogP) is 2.64. The molecule has 5 nitrogen and oxygen atoms in total. The maximum atomic E-state index is 11.6. The molecule has 2 atom stereocenters. The Bertz CT molecular complexity index is 520. The van der Waals surface area contributed by atoms with Crippen LogP contribution >= 0.6 is 0 Å². The molecule has 1 aromatic rings. The average molecular weight is 293 g/mol. The van der Waals surface area contributed by atoms with Crippen LogP contribution in [0.25, 0.3) is 0 Å². The van der Waals surface area contributed by atoms with Crippen molar-refractivity contribution >= 4 is 6.09 Å². The number of amides is 1. The monoisotopic (exact) mass is 293 g/mol. The van der Waals surface area contributed by atoms with Crippen molar-refractivity contribution in [2.24, 2.45) is 5.41 Å². The van der Waals surface area contributed by atoms with Gasteiger partial charge in [-0.1, -0.05) is 32.9 Å². The third-order valence-corrected chi connectivity index (χ3v) is 4.77. The number of rotatable bonds is 2. The lowest BCUT2D eigenvalue weighted by Gasteiger charge is -2.49. The second-order valence-corrected chi connectivity index (χ2v) is 6.70. The van der Waals surface area contributed by atoms with Crippen molar-refractivity contribution in [2.45, 2.75) is 38.6 Å². The zero-order valence-corrected chi connectivity index (χ0v) is 12.7. The maximum Gasteiger partial charge on any atom is 0.407 e. The molecule has 0 spiro atoms. The smallest absolute Gasteiger partial charge is 0.407 e. The first kappa shape index (κ1) is 15.6. The molecule has 1 aliphatic heterocycles. The van der Waals surface area contributed by atoms with E-state index in [2.05, 4.69) is 0 Å². The molecule has 0 aliphatic carbocycles. The van der Waals surface area contributed by atoms with Crippen LogP contribution in [-0.2, 0) is 0 Å². The molecule has 1 amide bonds. The van der Waals surface area contributed by atoms with Gasteiger partial charge in [0.2, 0.25) is 0 Å². The highest BCUT2D eigenvalue weighted by Gasteiger charge is 2.57. The minimum Gasteiger partial charge on any atom is -0.508 e. The molecular formula is C16H23NO4. The number of carboxylic acid groups (broad SMARTS) is 1. The van der Waals surface area contributed by atoms with Crippen LogP contribution in [0.4, 0.5) is 4.79 Å². The van der Waals surface area contributed by atoms with Crippen LogP contribution in [0.5, 0.6) is 5.75 Å². The predicted molar refractivity (Wildman–Crippen MR) is 79.5 cm³/mol. The molecule has 21 heavy (non-hydrogen) atoms. The summed E-state index contributed by atoms with van der Waals surface area (Å²) in [5.74, 6) is 0.0800. The maximum absolute atomic E-state index is 11.6. The molecule has 1 saturated heterocycles. The number of hydrogen-bond donors (Lipinski definition) is 3. The minimum absolute atomic E-state index is 0.0980. The van der Waals surface area contributed by atoms with E-state index in [1.54, 1.807) is 12.1 Å². The summed E-state index contributed by atoms with van der Waals surface area (Å²) in [6.07, 6.45) is -0.338. The summed E-state index contributed by atoms with van der Waals surface area (Å²) in [6.45, 7) is 6.04. The Morgan fingerprint density at radius 2 is 1.90 bits per heavy atom. The lowest BCUT2D eigenvalue weighted by molar-refractivity contribution is -0.0216. The molecule has 0 aromatic heterocycles. The van der Waals surface area contributed by atoms with Gasteiger partial charge < -0.3 is 15.3 Å². The normalized spacial score (nSPS) is 26.1. The highest BCUT2D eigenvalue weighted by Crippen LogP contribution is 2.51. The van der Waals surface area contributed by atoms with Crippen molar-refractivity contribution in [1.82, 2.24) is 4.90 Å². The summed E-state index contributed by atoms with van der Waals surface area (Å²) < 4.78 is 0. The van der Waals surface area contributed by atoms with Gasteiger partial charge in [0.25, 0.3) is 0 Å². The number of hydrogen-bond acceptors (Lipinski definition) is 3. The zero-order chi connectivity index (χ0) is 15.8. The van der Waals surface area contributed by atoms with E-state index in [9.17, 15) is 20.1 Å². The van der Waals surface area contributed by atoms with Crippen LogP contribution in [0.3, 0.4) is 0 Å². The SMILES string of the molecule is CC(C)(C)[C@]1(CO)[C@H](c2ccc(O)cc2)CCN1C(=O)O. The van der Waals surface area contributed by atoms with E-state index in [0.717, 1.165) is 5.56 Å². The van der Waals surface area contributed by atoms with Gasteiger partial charge >= 0.3 is 6.09 Å². The molecule has 1 aliphatic rings. The van der Waals surface area contributed by atoms with Gasteiger partial charge in [-0.15, -0.1) is 0 Å². The third-order valence-electron chi connectivity index (χ3n) is 4.77. The lowest BCUT2D eigenvalue weighted by atomic mass is 9.65. The van der Waals surface area contributed by atoms with E-state index in [1.165, 1.54) is 4.90 Å². The highest BCUT2D eigenvalue weighted by atomic mass is 16.4. The lowest BCUT2D eigenvalue weighted by Crippen LogP contribution is -2.60. The number of benzene rings is 1. The van der Waals surface area contributed by atoms with Crippen molar-refractivity contribution in [3.63, 3.8) is 0 Å². The van der Waals surface area contributed by atoms with Crippen LogP contribution in [0.1, 0.15) is 38.7 Å². The van der Waals surface area contributed by atoms with Crippen LogP contribution in [0.2, 0.25) is 0 Å². The van der Waals surface area contributed by atoms with Gasteiger partial charge in [-0.25, -0.2) is 4.79 Å². The third kappa shape index (κ3) is 2.35. The first-order chi connectivity index (χ1) is 9.74. The minimum atomic E-state index is -1.000. The van der Waals surface area contributed by atoms with Crippen molar-refractivity contribution in [1.29, 1.82) is 0 Å². The van der Waals surface area contributed by atoms with Gasteiger partial charge in [0.05, 0.1) is 12.1 Å². The van der Waals surface area contributed by atoms with E-state index in [1.807, 2.05) is 32.9 Å². The summed E-state index contributed by atoms with van der Waals surface area (Å²) >= 11 is 0. The van der Waals surface area contributed by atoms with Crippen LogP contribution in [-0.4, -0.2) is 45.0 Å². The molecule has 2 rings (SSSR count). The number of likely N-dealkylation sites (tertiary alicyclic amines) is 1. The number of nitrogens with zero attached hydrogens (tertiary/aromatic N) is 1. The first-order valence-electron chi connectivity index (χ1n) is 7.14. The molecule has 0 saturated carbocycles. The molecule has 3 N–H and O–H groups in total. The molecule has 1 fully saturated rings. The molecule has 0 radical (unpaired) electrons. The summed E-state index contributed by atoms with van der Waals surface area (Å²) in [5, 5.41) is 29.1. The van der Waals surface area contributed by atoms with Gasteiger partial charge in [-0.3, -0.25) is 4.90 Å². The molecule has 1 heterocycles. The molecular weight excluding hydrogens is 270 g/mol. The molecule has 0 unspecified atom stereocenters. The largest absolute Gasteiger partial charge is 0.508 e. The number of aliphatic hydroxyl groups excluding tert-OH is 1. The van der Waals surface area contributed by atoms with Crippen LogP contribution in [0.15, 0.2) is 24.3 Å². The Hall–Kier alpha value is -1.75. The van der Waals surface area contributed by atoms with Crippen molar-refractivity contribution < 1.29 is 20.1 Å². The summed E-state index contributed by atoms with van der Waals surface area (Å²) in [7, 11) is 0. The summed E-state index contributed by atoms with van der Waals surface area (Å²) in [6, 6.07) is 6.82. The molecule has 5 heteroatoms. The average Bonchev–Trinajstić information content (AvgIpc) is 2.79. The van der Waals surface area contributed by atoms with Gasteiger partial charge in [0.15, 0.2) is 0 Å². The summed E-state index contributed by atoms with van der Waals surface area (Å²) in [5.41, 5.74) is -0.338. The Morgan fingerprint density at radius 3 is 2.33 bits per heavy atom. The van der Waals surface area contributed by atoms with Crippen LogP contribution in [0, 0.1) is 5.41 Å². The van der Waals surface area contributed by atoms with Crippen molar-refractivity contribution in [3.05, 3.63) is 29.8 Å². The van der Waals surface area contributed by atoms with E-state index in [4.69, 9.17) is 0 Å².